The Morgan fingerprint density at radius 3 is 3.00 bits per heavy atom. The van der Waals surface area contributed by atoms with Crippen LogP contribution in [0.3, 0.4) is 0 Å². The van der Waals surface area contributed by atoms with Crippen molar-refractivity contribution in [2.75, 3.05) is 0 Å². The minimum absolute atomic E-state index is 0.341. The molecule has 7 heteroatoms. The molecule has 3 heterocycles. The van der Waals surface area contributed by atoms with E-state index in [0.717, 1.165) is 34.4 Å². The van der Waals surface area contributed by atoms with E-state index in [0.29, 0.717) is 16.5 Å². The minimum atomic E-state index is -0.341. The van der Waals surface area contributed by atoms with Crippen LogP contribution in [0.25, 0.3) is 15.9 Å². The summed E-state index contributed by atoms with van der Waals surface area (Å²) in [6.45, 7) is 4.00. The molecule has 0 aliphatic carbocycles. The highest BCUT2D eigenvalue weighted by atomic mass is 32.1. The zero-order valence-corrected chi connectivity index (χ0v) is 14.1. The first-order chi connectivity index (χ1) is 11.6. The van der Waals surface area contributed by atoms with E-state index in [9.17, 15) is 4.79 Å². The van der Waals surface area contributed by atoms with Crippen LogP contribution in [0.1, 0.15) is 24.6 Å². The highest BCUT2D eigenvalue weighted by molar-refractivity contribution is 7.18. The van der Waals surface area contributed by atoms with Gasteiger partial charge in [-0.25, -0.2) is 14.3 Å². The topological polar surface area (TPSA) is 69.6 Å². The molecule has 0 aliphatic rings. The van der Waals surface area contributed by atoms with Gasteiger partial charge < -0.3 is 9.15 Å². The molecule has 122 valence electrons. The molecule has 0 saturated carbocycles. The standard InChI is InChI=1S/C17H15N3O3S/c1-3-4-11-7-15(21)23-14-8-12(5-6-13(11)14)22-17-19-20-9-10(2)18-16(20)24-17/h5-9H,3-4H2,1-2H3. The van der Waals surface area contributed by atoms with Crippen molar-refractivity contribution in [3.63, 3.8) is 0 Å². The number of ether oxygens (including phenoxy) is 1. The molecule has 0 aliphatic heterocycles. The second-order valence-corrected chi connectivity index (χ2v) is 6.50. The molecule has 0 fully saturated rings. The number of hydrogen-bond donors (Lipinski definition) is 0. The minimum Gasteiger partial charge on any atom is -0.430 e. The fourth-order valence-electron chi connectivity index (χ4n) is 2.68. The molecule has 0 bridgehead atoms. The smallest absolute Gasteiger partial charge is 0.336 e. The molecule has 0 atom stereocenters. The molecule has 4 rings (SSSR count). The van der Waals surface area contributed by atoms with E-state index in [2.05, 4.69) is 17.0 Å². The average Bonchev–Trinajstić information content (AvgIpc) is 3.03. The number of hydrogen-bond acceptors (Lipinski definition) is 6. The van der Waals surface area contributed by atoms with Crippen LogP contribution in [0.2, 0.25) is 0 Å². The summed E-state index contributed by atoms with van der Waals surface area (Å²) in [6.07, 6.45) is 3.65. The van der Waals surface area contributed by atoms with Crippen molar-refractivity contribution >= 4 is 27.3 Å². The first-order valence-corrected chi connectivity index (χ1v) is 8.51. The summed E-state index contributed by atoms with van der Waals surface area (Å²) in [5.74, 6) is 0.577. The molecule has 0 unspecified atom stereocenters. The molecular weight excluding hydrogens is 326 g/mol. The number of aryl methyl sites for hydroxylation is 2. The van der Waals surface area contributed by atoms with Crippen LogP contribution in [0, 0.1) is 6.92 Å². The van der Waals surface area contributed by atoms with Crippen molar-refractivity contribution in [1.82, 2.24) is 14.6 Å². The highest BCUT2D eigenvalue weighted by Gasteiger charge is 2.11. The largest absolute Gasteiger partial charge is 0.430 e. The quantitative estimate of drug-likeness (QED) is 0.526. The summed E-state index contributed by atoms with van der Waals surface area (Å²) in [6, 6.07) is 7.06. The number of imidazole rings is 1. The summed E-state index contributed by atoms with van der Waals surface area (Å²) >= 11 is 1.36. The fraction of sp³-hybridized carbons (Fsp3) is 0.235. The van der Waals surface area contributed by atoms with E-state index < -0.39 is 0 Å². The Labute approximate surface area is 141 Å². The first-order valence-electron chi connectivity index (χ1n) is 7.70. The SMILES string of the molecule is CCCc1cc(=O)oc2cc(Oc3nn4cc(C)nc4s3)ccc12. The van der Waals surface area contributed by atoms with Gasteiger partial charge in [0.25, 0.3) is 5.19 Å². The average molecular weight is 341 g/mol. The first kappa shape index (κ1) is 14.9. The molecule has 3 aromatic heterocycles. The molecule has 1 aromatic carbocycles. The van der Waals surface area contributed by atoms with Crippen LogP contribution in [-0.2, 0) is 6.42 Å². The lowest BCUT2D eigenvalue weighted by atomic mass is 10.1. The maximum atomic E-state index is 11.7. The van der Waals surface area contributed by atoms with Crippen LogP contribution in [-0.4, -0.2) is 14.6 Å². The number of benzene rings is 1. The normalized spacial score (nSPS) is 11.4. The van der Waals surface area contributed by atoms with E-state index >= 15 is 0 Å². The fourth-order valence-corrected chi connectivity index (χ4v) is 3.48. The third-order valence-corrected chi connectivity index (χ3v) is 4.47. The third kappa shape index (κ3) is 2.67. The second kappa shape index (κ2) is 5.76. The molecule has 0 N–H and O–H groups in total. The molecular formula is C17H15N3O3S. The Morgan fingerprint density at radius 1 is 1.33 bits per heavy atom. The van der Waals surface area contributed by atoms with Gasteiger partial charge in [0.15, 0.2) is 0 Å². The van der Waals surface area contributed by atoms with Crippen molar-refractivity contribution in [2.45, 2.75) is 26.7 Å². The summed E-state index contributed by atoms with van der Waals surface area (Å²) in [7, 11) is 0. The van der Waals surface area contributed by atoms with E-state index in [1.807, 2.05) is 25.3 Å². The van der Waals surface area contributed by atoms with Crippen LogP contribution in [0.15, 0.2) is 39.7 Å². The lowest BCUT2D eigenvalue weighted by Crippen LogP contribution is -2.00. The lowest BCUT2D eigenvalue weighted by molar-refractivity contribution is 0.468. The second-order valence-electron chi connectivity index (χ2n) is 5.58. The third-order valence-electron chi connectivity index (χ3n) is 3.67. The number of fused-ring (bicyclic) bond motifs is 2. The monoisotopic (exact) mass is 341 g/mol. The van der Waals surface area contributed by atoms with Crippen molar-refractivity contribution < 1.29 is 9.15 Å². The van der Waals surface area contributed by atoms with Crippen LogP contribution in [0.4, 0.5) is 0 Å². The Morgan fingerprint density at radius 2 is 2.21 bits per heavy atom. The van der Waals surface area contributed by atoms with Gasteiger partial charge in [0.05, 0.1) is 11.9 Å². The van der Waals surface area contributed by atoms with Gasteiger partial charge in [-0.15, -0.1) is 5.10 Å². The number of rotatable bonds is 4. The Kier molecular flexibility index (Phi) is 3.57. The van der Waals surface area contributed by atoms with Crippen molar-refractivity contribution in [3.05, 3.63) is 52.1 Å². The van der Waals surface area contributed by atoms with Gasteiger partial charge >= 0.3 is 5.63 Å². The summed E-state index contributed by atoms with van der Waals surface area (Å²) in [5, 5.41) is 5.76. The van der Waals surface area contributed by atoms with E-state index in [1.165, 1.54) is 11.3 Å². The zero-order valence-electron chi connectivity index (χ0n) is 13.3. The van der Waals surface area contributed by atoms with Gasteiger partial charge in [-0.05, 0) is 42.4 Å². The Hall–Kier alpha value is -2.67. The van der Waals surface area contributed by atoms with Crippen molar-refractivity contribution in [1.29, 1.82) is 0 Å². The van der Waals surface area contributed by atoms with E-state index in [4.69, 9.17) is 9.15 Å². The van der Waals surface area contributed by atoms with Gasteiger partial charge in [-0.2, -0.15) is 0 Å². The summed E-state index contributed by atoms with van der Waals surface area (Å²) in [4.78, 5) is 16.9. The predicted molar refractivity (Wildman–Crippen MR) is 92.2 cm³/mol. The van der Waals surface area contributed by atoms with Gasteiger partial charge in [0.2, 0.25) is 4.96 Å². The van der Waals surface area contributed by atoms with Gasteiger partial charge in [0.1, 0.15) is 11.3 Å². The molecule has 4 aromatic rings. The number of nitrogens with zero attached hydrogens (tertiary/aromatic N) is 3. The molecule has 6 nitrogen and oxygen atoms in total. The van der Waals surface area contributed by atoms with Crippen molar-refractivity contribution in [3.8, 4) is 10.9 Å². The molecule has 0 saturated heterocycles. The summed E-state index contributed by atoms with van der Waals surface area (Å²) < 4.78 is 12.8. The molecule has 0 radical (unpaired) electrons. The molecule has 0 spiro atoms. The predicted octanol–water partition coefficient (Wildman–Crippen LogP) is 3.95. The van der Waals surface area contributed by atoms with E-state index in [-0.39, 0.29) is 5.63 Å². The van der Waals surface area contributed by atoms with Gasteiger partial charge in [-0.3, -0.25) is 0 Å². The Balaban J connectivity index is 1.71. The van der Waals surface area contributed by atoms with Gasteiger partial charge in [-0.1, -0.05) is 13.3 Å². The highest BCUT2D eigenvalue weighted by Crippen LogP contribution is 2.29. The van der Waals surface area contributed by atoms with Crippen molar-refractivity contribution in [2.24, 2.45) is 0 Å². The zero-order chi connectivity index (χ0) is 16.7. The molecule has 0 amide bonds. The van der Waals surface area contributed by atoms with Gasteiger partial charge in [0, 0.05) is 17.5 Å². The molecule has 24 heavy (non-hydrogen) atoms. The Bertz CT molecular complexity index is 1060. The number of aromatic nitrogens is 3. The van der Waals surface area contributed by atoms with Crippen LogP contribution in [0.5, 0.6) is 10.9 Å². The maximum absolute atomic E-state index is 11.7. The van der Waals surface area contributed by atoms with Crippen LogP contribution < -0.4 is 10.4 Å². The maximum Gasteiger partial charge on any atom is 0.336 e. The summed E-state index contributed by atoms with van der Waals surface area (Å²) in [5.41, 5.74) is 2.10. The van der Waals surface area contributed by atoms with Crippen LogP contribution >= 0.6 is 11.3 Å². The van der Waals surface area contributed by atoms with E-state index in [1.54, 1.807) is 16.6 Å². The lowest BCUT2D eigenvalue weighted by Gasteiger charge is -2.06.